The molecule has 1 N–H and O–H groups in total. The van der Waals surface area contributed by atoms with E-state index >= 15 is 0 Å². The van der Waals surface area contributed by atoms with Crippen molar-refractivity contribution in [3.63, 3.8) is 0 Å². The fraction of sp³-hybridized carbons (Fsp3) is 0.500. The van der Waals surface area contributed by atoms with Crippen molar-refractivity contribution in [3.05, 3.63) is 47.3 Å². The van der Waals surface area contributed by atoms with Gasteiger partial charge in [-0.25, -0.2) is 4.98 Å². The summed E-state index contributed by atoms with van der Waals surface area (Å²) >= 11 is 0. The lowest BCUT2D eigenvalue weighted by Crippen LogP contribution is -2.26. The fourth-order valence-corrected chi connectivity index (χ4v) is 2.45. The zero-order valence-corrected chi connectivity index (χ0v) is 12.8. The second kappa shape index (κ2) is 6.66. The average molecular weight is 272 g/mol. The lowest BCUT2D eigenvalue weighted by Gasteiger charge is -2.20. The van der Waals surface area contributed by atoms with Gasteiger partial charge in [-0.3, -0.25) is 4.98 Å². The van der Waals surface area contributed by atoms with Crippen molar-refractivity contribution in [2.75, 3.05) is 6.54 Å². The molecule has 0 bridgehead atoms. The van der Waals surface area contributed by atoms with Crippen LogP contribution in [0.15, 0.2) is 24.5 Å². The summed E-state index contributed by atoms with van der Waals surface area (Å²) in [5.41, 5.74) is 3.44. The predicted molar refractivity (Wildman–Crippen MR) is 81.7 cm³/mol. The third-order valence-electron chi connectivity index (χ3n) is 3.59. The van der Waals surface area contributed by atoms with Crippen LogP contribution in [0.3, 0.4) is 0 Å². The zero-order chi connectivity index (χ0) is 14.5. The molecule has 0 amide bonds. The molecule has 4 heteroatoms. The number of aromatic nitrogens is 3. The molecule has 0 aliphatic carbocycles. The molecule has 4 nitrogen and oxygen atoms in total. The lowest BCUT2D eigenvalue weighted by molar-refractivity contribution is 0.508. The molecule has 0 saturated carbocycles. The largest absolute Gasteiger partial charge is 0.338 e. The van der Waals surface area contributed by atoms with Crippen molar-refractivity contribution < 1.29 is 0 Å². The summed E-state index contributed by atoms with van der Waals surface area (Å²) in [4.78, 5) is 9.03. The molecular formula is C16H24N4. The number of rotatable bonds is 6. The van der Waals surface area contributed by atoms with Crippen molar-refractivity contribution in [2.24, 2.45) is 7.05 Å². The molecule has 108 valence electrons. The van der Waals surface area contributed by atoms with Crippen LogP contribution >= 0.6 is 0 Å². The summed E-state index contributed by atoms with van der Waals surface area (Å²) in [6, 6.07) is 4.54. The van der Waals surface area contributed by atoms with Crippen molar-refractivity contribution in [1.29, 1.82) is 0 Å². The Morgan fingerprint density at radius 2 is 2.10 bits per heavy atom. The molecule has 20 heavy (non-hydrogen) atoms. The topological polar surface area (TPSA) is 42.7 Å². The number of aryl methyl sites for hydroxylation is 3. The quantitative estimate of drug-likeness (QED) is 0.879. The summed E-state index contributed by atoms with van der Waals surface area (Å²) < 4.78 is 2.08. The maximum Gasteiger partial charge on any atom is 0.110 e. The Bertz CT molecular complexity index is 559. The Morgan fingerprint density at radius 1 is 1.30 bits per heavy atom. The van der Waals surface area contributed by atoms with Crippen LogP contribution in [0.1, 0.15) is 42.2 Å². The van der Waals surface area contributed by atoms with Gasteiger partial charge in [-0.05, 0) is 38.4 Å². The van der Waals surface area contributed by atoms with Crippen LogP contribution in [0.5, 0.6) is 0 Å². The first-order chi connectivity index (χ1) is 9.61. The van der Waals surface area contributed by atoms with Gasteiger partial charge < -0.3 is 9.88 Å². The van der Waals surface area contributed by atoms with Crippen LogP contribution in [-0.4, -0.2) is 21.1 Å². The highest BCUT2D eigenvalue weighted by Crippen LogP contribution is 2.20. The molecule has 0 aliphatic rings. The summed E-state index contributed by atoms with van der Waals surface area (Å²) in [7, 11) is 2.04. The van der Waals surface area contributed by atoms with Gasteiger partial charge in [0.25, 0.3) is 0 Å². The Hall–Kier alpha value is -1.68. The highest BCUT2D eigenvalue weighted by Gasteiger charge is 2.16. The minimum Gasteiger partial charge on any atom is -0.338 e. The average Bonchev–Trinajstić information content (AvgIpc) is 2.80. The Morgan fingerprint density at radius 3 is 2.70 bits per heavy atom. The molecule has 1 unspecified atom stereocenters. The van der Waals surface area contributed by atoms with Crippen LogP contribution in [0.4, 0.5) is 0 Å². The van der Waals surface area contributed by atoms with Crippen LogP contribution < -0.4 is 5.32 Å². The van der Waals surface area contributed by atoms with E-state index < -0.39 is 0 Å². The first-order valence-electron chi connectivity index (χ1n) is 7.25. The lowest BCUT2D eigenvalue weighted by atomic mass is 10.0. The van der Waals surface area contributed by atoms with E-state index in [0.29, 0.717) is 0 Å². The molecule has 2 rings (SSSR count). The first-order valence-corrected chi connectivity index (χ1v) is 7.25. The minimum atomic E-state index is 0.268. The van der Waals surface area contributed by atoms with Gasteiger partial charge >= 0.3 is 0 Å². The van der Waals surface area contributed by atoms with E-state index in [0.717, 1.165) is 36.6 Å². The van der Waals surface area contributed by atoms with Gasteiger partial charge in [0.05, 0.1) is 0 Å². The molecule has 2 aromatic heterocycles. The molecular weight excluding hydrogens is 248 g/mol. The van der Waals surface area contributed by atoms with Crippen molar-refractivity contribution >= 4 is 0 Å². The monoisotopic (exact) mass is 272 g/mol. The van der Waals surface area contributed by atoms with E-state index in [1.807, 2.05) is 26.4 Å². The summed E-state index contributed by atoms with van der Waals surface area (Å²) in [5, 5.41) is 3.62. The molecule has 0 fully saturated rings. The van der Waals surface area contributed by atoms with Gasteiger partial charge in [-0.2, -0.15) is 0 Å². The second-order valence-electron chi connectivity index (χ2n) is 5.29. The number of hydrogen-bond donors (Lipinski definition) is 1. The second-order valence-corrected chi connectivity index (χ2v) is 5.29. The van der Waals surface area contributed by atoms with Gasteiger partial charge in [0.1, 0.15) is 5.82 Å². The molecule has 0 radical (unpaired) electrons. The Labute approximate surface area is 121 Å². The smallest absolute Gasteiger partial charge is 0.110 e. The van der Waals surface area contributed by atoms with Crippen molar-refractivity contribution in [1.82, 2.24) is 19.9 Å². The van der Waals surface area contributed by atoms with E-state index in [1.165, 1.54) is 5.56 Å². The van der Waals surface area contributed by atoms with E-state index in [-0.39, 0.29) is 6.04 Å². The first kappa shape index (κ1) is 14.7. The Kier molecular flexibility index (Phi) is 4.90. The number of nitrogens with zero attached hydrogens (tertiary/aromatic N) is 3. The highest BCUT2D eigenvalue weighted by molar-refractivity contribution is 5.26. The molecule has 0 spiro atoms. The maximum atomic E-state index is 4.59. The number of nitrogens with one attached hydrogen (secondary N) is 1. The van der Waals surface area contributed by atoms with E-state index in [1.54, 1.807) is 0 Å². The number of pyridine rings is 1. The van der Waals surface area contributed by atoms with E-state index in [4.69, 9.17) is 0 Å². The van der Waals surface area contributed by atoms with Crippen molar-refractivity contribution in [3.8, 4) is 0 Å². The fourth-order valence-electron chi connectivity index (χ4n) is 2.45. The molecule has 0 saturated heterocycles. The van der Waals surface area contributed by atoms with Crippen LogP contribution in [0.25, 0.3) is 0 Å². The van der Waals surface area contributed by atoms with E-state index in [9.17, 15) is 0 Å². The Balaban J connectivity index is 2.24. The normalized spacial score (nSPS) is 12.6. The molecule has 2 aromatic rings. The SMILES string of the molecule is CCCNC(Cc1nccn1C)c1ccc(C)nc1C. The third-order valence-corrected chi connectivity index (χ3v) is 3.59. The van der Waals surface area contributed by atoms with Crippen LogP contribution in [0, 0.1) is 13.8 Å². The molecule has 0 aromatic carbocycles. The van der Waals surface area contributed by atoms with Crippen molar-refractivity contribution in [2.45, 2.75) is 39.7 Å². The summed E-state index contributed by atoms with van der Waals surface area (Å²) in [5.74, 6) is 1.10. The number of hydrogen-bond acceptors (Lipinski definition) is 3. The molecule has 2 heterocycles. The van der Waals surface area contributed by atoms with Crippen LogP contribution in [-0.2, 0) is 13.5 Å². The van der Waals surface area contributed by atoms with Gasteiger partial charge in [-0.15, -0.1) is 0 Å². The van der Waals surface area contributed by atoms with Gasteiger partial charge in [-0.1, -0.05) is 13.0 Å². The van der Waals surface area contributed by atoms with Gasteiger partial charge in [0.2, 0.25) is 0 Å². The zero-order valence-electron chi connectivity index (χ0n) is 12.8. The maximum absolute atomic E-state index is 4.59. The standard InChI is InChI=1S/C16H24N4/c1-5-8-17-15(11-16-18-9-10-20(16)4)14-7-6-12(2)19-13(14)3/h6-7,9-10,15,17H,5,8,11H2,1-4H3. The van der Waals surface area contributed by atoms with Crippen LogP contribution in [0.2, 0.25) is 0 Å². The molecule has 0 aliphatic heterocycles. The summed E-state index contributed by atoms with van der Waals surface area (Å²) in [6.45, 7) is 7.30. The number of imidazole rings is 1. The predicted octanol–water partition coefficient (Wildman–Crippen LogP) is 2.72. The van der Waals surface area contributed by atoms with Gasteiger partial charge in [0.15, 0.2) is 0 Å². The summed E-state index contributed by atoms with van der Waals surface area (Å²) in [6.07, 6.45) is 5.85. The molecule has 1 atom stereocenters. The van der Waals surface area contributed by atoms with Gasteiger partial charge in [0, 0.05) is 43.3 Å². The highest BCUT2D eigenvalue weighted by atomic mass is 15.0. The minimum absolute atomic E-state index is 0.268. The third kappa shape index (κ3) is 3.45. The van der Waals surface area contributed by atoms with E-state index in [2.05, 4.69) is 45.8 Å².